The van der Waals surface area contributed by atoms with Crippen molar-refractivity contribution in [1.29, 1.82) is 10.5 Å². The first kappa shape index (κ1) is 46.4. The van der Waals surface area contributed by atoms with Crippen LogP contribution < -0.4 is 0 Å². The molecule has 6 aromatic rings. The van der Waals surface area contributed by atoms with Gasteiger partial charge in [0.1, 0.15) is 47.5 Å². The van der Waals surface area contributed by atoms with Crippen molar-refractivity contribution in [2.24, 2.45) is 9.98 Å². The molecule has 0 fully saturated rings. The molecule has 0 amide bonds. The van der Waals surface area contributed by atoms with E-state index in [1.807, 2.05) is 0 Å². The summed E-state index contributed by atoms with van der Waals surface area (Å²) in [5.74, 6) is 0. The molecule has 0 saturated heterocycles. The lowest BCUT2D eigenvalue weighted by Gasteiger charge is -2.24. The van der Waals surface area contributed by atoms with Gasteiger partial charge in [-0.3, -0.25) is 0 Å². The van der Waals surface area contributed by atoms with Crippen molar-refractivity contribution in [3.8, 4) is 57.4 Å². The Balaban J connectivity index is 1.65. The summed E-state index contributed by atoms with van der Waals surface area (Å²) in [7, 11) is 0. The van der Waals surface area contributed by atoms with Crippen LogP contribution in [0, 0.1) is 36.8 Å². The van der Waals surface area contributed by atoms with E-state index in [9.17, 15) is 72.0 Å². The number of aliphatic imine (C=N–C) groups is 2. The molecule has 336 valence electrons. The van der Waals surface area contributed by atoms with E-state index in [1.54, 1.807) is 0 Å². The molecule has 0 bridgehead atoms. The second kappa shape index (κ2) is 16.7. The Morgan fingerprint density at radius 2 is 0.652 bits per heavy atom. The van der Waals surface area contributed by atoms with Gasteiger partial charge in [0.25, 0.3) is 0 Å². The maximum Gasteiger partial charge on any atom is 0.416 e. The monoisotopic (exact) mass is 928 g/mol. The van der Waals surface area contributed by atoms with Gasteiger partial charge in [-0.2, -0.15) is 73.2 Å². The lowest BCUT2D eigenvalue weighted by molar-refractivity contribution is -0.138. The number of hydrogen-bond donors (Lipinski definition) is 0. The molecule has 0 saturated carbocycles. The number of rotatable bonds is 6. The molecule has 1 aliphatic carbocycles. The Bertz CT molecular complexity index is 2910. The number of nitrogens with zero attached hydrogens (tertiary/aromatic N) is 8. The highest BCUT2D eigenvalue weighted by Crippen LogP contribution is 2.43. The Labute approximate surface area is 362 Å². The van der Waals surface area contributed by atoms with E-state index in [2.05, 4.69) is 29.9 Å². The SMILES string of the molecule is Cc1cc(-c2nc3c(nc2-c2cc(C)cc(C(F)(F)F)c2)C(=NC#N)c2nc(-c4cc(CF)cc(C(F)(F)F)c4)c(-c4cc(CF)cc(C(F)(F)F)c4)nc2C3=NC#N)cc(C(F)(F)F)c1. The van der Waals surface area contributed by atoms with Crippen LogP contribution in [0.15, 0.2) is 82.8 Å². The summed E-state index contributed by atoms with van der Waals surface area (Å²) in [6, 6.07) is 8.56. The second-order valence-electron chi connectivity index (χ2n) is 14.6. The van der Waals surface area contributed by atoms with Gasteiger partial charge < -0.3 is 0 Å². The maximum atomic E-state index is 14.2. The van der Waals surface area contributed by atoms with Gasteiger partial charge in [-0.05, 0) is 109 Å². The van der Waals surface area contributed by atoms with Crippen molar-refractivity contribution in [1.82, 2.24) is 19.9 Å². The number of halogens is 14. The number of alkyl halides is 14. The summed E-state index contributed by atoms with van der Waals surface area (Å²) in [6.07, 6.45) is -17.4. The number of hydrogen-bond acceptors (Lipinski definition) is 8. The number of benzene rings is 4. The van der Waals surface area contributed by atoms with Crippen LogP contribution in [0.3, 0.4) is 0 Å². The molecule has 2 aromatic heterocycles. The number of aryl methyl sites for hydroxylation is 2. The molecule has 0 spiro atoms. The fourth-order valence-corrected chi connectivity index (χ4v) is 7.18. The first-order valence-corrected chi connectivity index (χ1v) is 18.6. The van der Waals surface area contributed by atoms with E-state index < -0.39 is 140 Å². The normalized spacial score (nSPS) is 14.2. The molecule has 1 aliphatic rings. The maximum absolute atomic E-state index is 14.2. The summed E-state index contributed by atoms with van der Waals surface area (Å²) in [5.41, 5.74) is -15.3. The van der Waals surface area contributed by atoms with E-state index >= 15 is 0 Å². The van der Waals surface area contributed by atoms with Crippen molar-refractivity contribution in [3.05, 3.63) is 140 Å². The molecule has 0 aliphatic heterocycles. The van der Waals surface area contributed by atoms with Crippen LogP contribution in [0.1, 0.15) is 67.3 Å². The Morgan fingerprint density at radius 3 is 0.894 bits per heavy atom. The summed E-state index contributed by atoms with van der Waals surface area (Å²) in [5, 5.41) is 20.0. The summed E-state index contributed by atoms with van der Waals surface area (Å²) in [4.78, 5) is 25.2. The molecular formula is C44H22F14N8. The molecule has 0 atom stereocenters. The van der Waals surface area contributed by atoms with Gasteiger partial charge in [-0.1, -0.05) is 0 Å². The van der Waals surface area contributed by atoms with Crippen LogP contribution in [0.4, 0.5) is 61.5 Å². The first-order valence-electron chi connectivity index (χ1n) is 18.6. The van der Waals surface area contributed by atoms with E-state index in [1.165, 1.54) is 38.4 Å². The summed E-state index contributed by atoms with van der Waals surface area (Å²) in [6.45, 7) is -0.469. The third-order valence-corrected chi connectivity index (χ3v) is 9.86. The van der Waals surface area contributed by atoms with Gasteiger partial charge in [0.15, 0.2) is 0 Å². The standard InChI is InChI=1S/C44H22F14N8/c1-19-3-23(11-27(5-19)41(47,48)49)31-32(24-4-20(2)6-28(12-24)42(50,51)52)64-38-36(62-18-60)40-39(35(61-17-59)37(38)63-31)65-33(25-7-21(15-45)9-29(13-25)43(53,54)55)34(66-40)26-8-22(16-46)10-30(14-26)44(56,57)58/h3-14H,15-16H2,1-2H3. The number of nitriles is 2. The van der Waals surface area contributed by atoms with Crippen molar-refractivity contribution in [3.63, 3.8) is 0 Å². The smallest absolute Gasteiger partial charge is 0.246 e. The molecule has 0 unspecified atom stereocenters. The van der Waals surface area contributed by atoms with Gasteiger partial charge in [-0.25, -0.2) is 28.7 Å². The first-order chi connectivity index (χ1) is 30.8. The van der Waals surface area contributed by atoms with E-state index in [0.29, 0.717) is 36.4 Å². The zero-order valence-corrected chi connectivity index (χ0v) is 33.2. The van der Waals surface area contributed by atoms with Crippen LogP contribution in [0.2, 0.25) is 0 Å². The third-order valence-electron chi connectivity index (χ3n) is 9.86. The zero-order valence-electron chi connectivity index (χ0n) is 33.2. The Morgan fingerprint density at radius 1 is 0.394 bits per heavy atom. The highest BCUT2D eigenvalue weighted by Gasteiger charge is 2.39. The highest BCUT2D eigenvalue weighted by atomic mass is 19.4. The second-order valence-corrected chi connectivity index (χ2v) is 14.6. The minimum atomic E-state index is -5.15. The summed E-state index contributed by atoms with van der Waals surface area (Å²) < 4.78 is 199. The topological polar surface area (TPSA) is 124 Å². The van der Waals surface area contributed by atoms with Crippen molar-refractivity contribution < 1.29 is 61.5 Å². The molecule has 66 heavy (non-hydrogen) atoms. The van der Waals surface area contributed by atoms with E-state index in [-0.39, 0.29) is 22.3 Å². The van der Waals surface area contributed by atoms with Crippen LogP contribution >= 0.6 is 0 Å². The molecule has 4 aromatic carbocycles. The zero-order chi connectivity index (χ0) is 48.3. The fraction of sp³-hybridized carbons (Fsp3) is 0.182. The quantitative estimate of drug-likeness (QED) is 0.121. The van der Waals surface area contributed by atoms with Crippen LogP contribution in [-0.4, -0.2) is 31.4 Å². The van der Waals surface area contributed by atoms with Crippen LogP contribution in [-0.2, 0) is 38.1 Å². The molecule has 8 nitrogen and oxygen atoms in total. The molecule has 22 heteroatoms. The van der Waals surface area contributed by atoms with E-state index in [0.717, 1.165) is 24.3 Å². The largest absolute Gasteiger partial charge is 0.416 e. The predicted octanol–water partition coefficient (Wildman–Crippen LogP) is 12.5. The lowest BCUT2D eigenvalue weighted by atomic mass is 9.91. The minimum Gasteiger partial charge on any atom is -0.246 e. The number of fused-ring (bicyclic) bond motifs is 2. The molecular weight excluding hydrogens is 907 g/mol. The Hall–Kier alpha value is -7.62. The highest BCUT2D eigenvalue weighted by molar-refractivity contribution is 6.29. The fourth-order valence-electron chi connectivity index (χ4n) is 7.18. The molecule has 2 heterocycles. The van der Waals surface area contributed by atoms with Gasteiger partial charge >= 0.3 is 24.7 Å². The van der Waals surface area contributed by atoms with Gasteiger partial charge in [0.05, 0.1) is 45.0 Å². The van der Waals surface area contributed by atoms with Gasteiger partial charge in [0, 0.05) is 22.3 Å². The predicted molar refractivity (Wildman–Crippen MR) is 207 cm³/mol. The average molecular weight is 929 g/mol. The average Bonchev–Trinajstić information content (AvgIpc) is 3.24. The minimum absolute atomic E-state index is 0.0178. The third kappa shape index (κ3) is 9.03. The summed E-state index contributed by atoms with van der Waals surface area (Å²) >= 11 is 0. The van der Waals surface area contributed by atoms with Crippen LogP contribution in [0.5, 0.6) is 0 Å². The van der Waals surface area contributed by atoms with Crippen molar-refractivity contribution in [2.75, 3.05) is 0 Å². The van der Waals surface area contributed by atoms with Gasteiger partial charge in [0.2, 0.25) is 12.4 Å². The Kier molecular flexibility index (Phi) is 11.8. The number of aromatic nitrogens is 4. The molecule has 0 radical (unpaired) electrons. The van der Waals surface area contributed by atoms with Crippen LogP contribution in [0.25, 0.3) is 45.0 Å². The molecule has 7 rings (SSSR count). The van der Waals surface area contributed by atoms with Crippen molar-refractivity contribution >= 4 is 11.4 Å². The lowest BCUT2D eigenvalue weighted by Crippen LogP contribution is -2.29. The molecule has 0 N–H and O–H groups in total. The van der Waals surface area contributed by atoms with Gasteiger partial charge in [-0.15, -0.1) is 0 Å². The van der Waals surface area contributed by atoms with E-state index in [4.69, 9.17) is 0 Å². The van der Waals surface area contributed by atoms with Crippen molar-refractivity contribution in [2.45, 2.75) is 51.9 Å².